The highest BCUT2D eigenvalue weighted by atomic mass is 19.4. The molecule has 0 aliphatic heterocycles. The summed E-state index contributed by atoms with van der Waals surface area (Å²) in [6.45, 7) is 3.38. The van der Waals surface area contributed by atoms with E-state index in [-0.39, 0.29) is 17.0 Å². The standard InChI is InChI=1S/C16H13F3N4O/c1-8-9(2)15-21-7-12(14(20)24)23(15)22-13(8)10-5-3-4-6-11(10)16(17,18)19/h3-7H,1-2H3,(H2,20,24). The van der Waals surface area contributed by atoms with Gasteiger partial charge in [-0.05, 0) is 31.0 Å². The van der Waals surface area contributed by atoms with Crippen molar-refractivity contribution in [1.82, 2.24) is 14.6 Å². The minimum absolute atomic E-state index is 0.0128. The normalized spacial score (nSPS) is 11.9. The van der Waals surface area contributed by atoms with Gasteiger partial charge in [-0.3, -0.25) is 4.79 Å². The second-order valence-corrected chi connectivity index (χ2v) is 5.39. The number of nitrogens with zero attached hydrogens (tertiary/aromatic N) is 3. The molecular weight excluding hydrogens is 321 g/mol. The average Bonchev–Trinajstić information content (AvgIpc) is 2.94. The number of primary amides is 1. The highest BCUT2D eigenvalue weighted by Gasteiger charge is 2.34. The van der Waals surface area contributed by atoms with Gasteiger partial charge in [-0.2, -0.15) is 18.3 Å². The molecule has 5 nitrogen and oxygen atoms in total. The van der Waals surface area contributed by atoms with Gasteiger partial charge in [0.05, 0.1) is 17.5 Å². The molecule has 0 radical (unpaired) electrons. The number of rotatable bonds is 2. The molecule has 0 fully saturated rings. The third-order valence-electron chi connectivity index (χ3n) is 3.93. The number of carbonyl (C=O) groups excluding carboxylic acids is 1. The first-order valence-corrected chi connectivity index (χ1v) is 7.03. The Balaban J connectivity index is 2.38. The van der Waals surface area contributed by atoms with Gasteiger partial charge in [0, 0.05) is 5.56 Å². The van der Waals surface area contributed by atoms with Gasteiger partial charge in [0.25, 0.3) is 5.91 Å². The first-order chi connectivity index (χ1) is 11.2. The molecule has 2 aromatic heterocycles. The van der Waals surface area contributed by atoms with Crippen LogP contribution in [0.2, 0.25) is 0 Å². The van der Waals surface area contributed by atoms with Crippen molar-refractivity contribution in [3.8, 4) is 11.3 Å². The van der Waals surface area contributed by atoms with Gasteiger partial charge < -0.3 is 5.73 Å². The quantitative estimate of drug-likeness (QED) is 0.782. The molecule has 124 valence electrons. The second-order valence-electron chi connectivity index (χ2n) is 5.39. The van der Waals surface area contributed by atoms with Crippen LogP contribution in [0.4, 0.5) is 13.2 Å². The van der Waals surface area contributed by atoms with E-state index in [0.29, 0.717) is 16.8 Å². The molecule has 1 amide bonds. The molecule has 0 unspecified atom stereocenters. The van der Waals surface area contributed by atoms with Crippen LogP contribution in [0.1, 0.15) is 27.2 Å². The maximum Gasteiger partial charge on any atom is 0.417 e. The lowest BCUT2D eigenvalue weighted by Crippen LogP contribution is -2.16. The van der Waals surface area contributed by atoms with Crippen LogP contribution < -0.4 is 5.73 Å². The van der Waals surface area contributed by atoms with Crippen molar-refractivity contribution in [2.45, 2.75) is 20.0 Å². The van der Waals surface area contributed by atoms with Crippen molar-refractivity contribution in [3.63, 3.8) is 0 Å². The number of aryl methyl sites for hydroxylation is 1. The number of nitrogens with two attached hydrogens (primary N) is 1. The zero-order chi connectivity index (χ0) is 17.6. The average molecular weight is 334 g/mol. The summed E-state index contributed by atoms with van der Waals surface area (Å²) in [5.41, 5.74) is 6.15. The second kappa shape index (κ2) is 5.33. The van der Waals surface area contributed by atoms with Crippen molar-refractivity contribution < 1.29 is 18.0 Å². The van der Waals surface area contributed by atoms with Gasteiger partial charge in [0.2, 0.25) is 0 Å². The van der Waals surface area contributed by atoms with Crippen molar-refractivity contribution in [3.05, 3.63) is 52.8 Å². The summed E-state index contributed by atoms with van der Waals surface area (Å²) in [7, 11) is 0. The topological polar surface area (TPSA) is 73.3 Å². The van der Waals surface area contributed by atoms with E-state index in [1.807, 2.05) is 0 Å². The van der Waals surface area contributed by atoms with E-state index in [1.165, 1.54) is 28.9 Å². The Kier molecular flexibility index (Phi) is 3.55. The molecule has 0 saturated carbocycles. The van der Waals surface area contributed by atoms with Gasteiger partial charge in [0.15, 0.2) is 5.65 Å². The molecule has 0 atom stereocenters. The van der Waals surface area contributed by atoms with Gasteiger partial charge in [0.1, 0.15) is 5.69 Å². The van der Waals surface area contributed by atoms with E-state index >= 15 is 0 Å². The highest BCUT2D eigenvalue weighted by Crippen LogP contribution is 2.38. The first-order valence-electron chi connectivity index (χ1n) is 7.03. The first kappa shape index (κ1) is 16.0. The largest absolute Gasteiger partial charge is 0.417 e. The van der Waals surface area contributed by atoms with Gasteiger partial charge in [-0.1, -0.05) is 18.2 Å². The fourth-order valence-corrected chi connectivity index (χ4v) is 2.58. The Morgan fingerprint density at radius 2 is 1.83 bits per heavy atom. The molecule has 1 aromatic carbocycles. The predicted molar refractivity (Wildman–Crippen MR) is 81.4 cm³/mol. The molecule has 8 heteroatoms. The number of amides is 1. The highest BCUT2D eigenvalue weighted by molar-refractivity contribution is 5.92. The lowest BCUT2D eigenvalue weighted by molar-refractivity contribution is -0.137. The summed E-state index contributed by atoms with van der Waals surface area (Å²) < 4.78 is 41.1. The summed E-state index contributed by atoms with van der Waals surface area (Å²) >= 11 is 0. The number of alkyl halides is 3. The van der Waals surface area contributed by atoms with E-state index in [9.17, 15) is 18.0 Å². The Morgan fingerprint density at radius 1 is 1.17 bits per heavy atom. The maximum atomic E-state index is 13.3. The number of hydrogen-bond donors (Lipinski definition) is 1. The third-order valence-corrected chi connectivity index (χ3v) is 3.93. The Bertz CT molecular complexity index is 960. The smallest absolute Gasteiger partial charge is 0.364 e. The number of fused-ring (bicyclic) bond motifs is 1. The van der Waals surface area contributed by atoms with Crippen LogP contribution in [0.3, 0.4) is 0 Å². The maximum absolute atomic E-state index is 13.3. The Morgan fingerprint density at radius 3 is 2.46 bits per heavy atom. The minimum atomic E-state index is -4.52. The van der Waals surface area contributed by atoms with Crippen LogP contribution in [-0.2, 0) is 6.18 Å². The lowest BCUT2D eigenvalue weighted by atomic mass is 9.99. The molecule has 0 saturated heterocycles. The van der Waals surface area contributed by atoms with E-state index in [4.69, 9.17) is 5.73 Å². The van der Waals surface area contributed by atoms with Crippen LogP contribution in [-0.4, -0.2) is 20.5 Å². The monoisotopic (exact) mass is 334 g/mol. The van der Waals surface area contributed by atoms with E-state index in [2.05, 4.69) is 10.1 Å². The van der Waals surface area contributed by atoms with Crippen LogP contribution in [0, 0.1) is 13.8 Å². The molecule has 24 heavy (non-hydrogen) atoms. The number of hydrogen-bond acceptors (Lipinski definition) is 3. The fourth-order valence-electron chi connectivity index (χ4n) is 2.58. The molecule has 0 aliphatic rings. The summed E-state index contributed by atoms with van der Waals surface area (Å²) in [6.07, 6.45) is -3.26. The molecule has 0 aliphatic carbocycles. The van der Waals surface area contributed by atoms with Gasteiger partial charge in [-0.15, -0.1) is 0 Å². The Labute approximate surface area is 134 Å². The molecule has 3 aromatic rings. The van der Waals surface area contributed by atoms with Crippen molar-refractivity contribution in [2.24, 2.45) is 5.73 Å². The van der Waals surface area contributed by atoms with Crippen molar-refractivity contribution in [1.29, 1.82) is 0 Å². The number of halogens is 3. The molecule has 2 N–H and O–H groups in total. The summed E-state index contributed by atoms with van der Waals surface area (Å²) in [6, 6.07) is 5.18. The fraction of sp³-hybridized carbons (Fsp3) is 0.188. The van der Waals surface area contributed by atoms with Gasteiger partial charge >= 0.3 is 6.18 Å². The van der Waals surface area contributed by atoms with Crippen LogP contribution in [0.15, 0.2) is 30.5 Å². The molecule has 3 rings (SSSR count). The number of aromatic nitrogens is 3. The number of imidazole rings is 1. The molecule has 0 bridgehead atoms. The molecular formula is C16H13F3N4O. The minimum Gasteiger partial charge on any atom is -0.364 e. The molecule has 0 spiro atoms. The lowest BCUT2D eigenvalue weighted by Gasteiger charge is -2.15. The van der Waals surface area contributed by atoms with Crippen LogP contribution >= 0.6 is 0 Å². The van der Waals surface area contributed by atoms with Crippen LogP contribution in [0.5, 0.6) is 0 Å². The number of carbonyl (C=O) groups is 1. The summed E-state index contributed by atoms with van der Waals surface area (Å²) in [5, 5.41) is 4.21. The van der Waals surface area contributed by atoms with Crippen molar-refractivity contribution in [2.75, 3.05) is 0 Å². The van der Waals surface area contributed by atoms with E-state index in [1.54, 1.807) is 13.8 Å². The Hall–Kier alpha value is -2.90. The van der Waals surface area contributed by atoms with Crippen LogP contribution in [0.25, 0.3) is 16.9 Å². The summed E-state index contributed by atoms with van der Waals surface area (Å²) in [5.74, 6) is -0.756. The van der Waals surface area contributed by atoms with Crippen molar-refractivity contribution >= 4 is 11.6 Å². The number of benzene rings is 1. The molecule has 2 heterocycles. The zero-order valence-corrected chi connectivity index (χ0v) is 12.8. The van der Waals surface area contributed by atoms with Gasteiger partial charge in [-0.25, -0.2) is 9.50 Å². The predicted octanol–water partition coefficient (Wildman–Crippen LogP) is 3.13. The third kappa shape index (κ3) is 2.40. The van der Waals surface area contributed by atoms with E-state index < -0.39 is 17.6 Å². The van der Waals surface area contributed by atoms with E-state index in [0.717, 1.165) is 6.07 Å². The summed E-state index contributed by atoms with van der Waals surface area (Å²) in [4.78, 5) is 15.6. The SMILES string of the molecule is Cc1c(-c2ccccc2C(F)(F)F)nn2c(C(N)=O)cnc2c1C. The zero-order valence-electron chi connectivity index (χ0n) is 12.8.